The average molecular weight is 619 g/mol. The molecule has 44 heavy (non-hydrogen) atoms. The highest BCUT2D eigenvalue weighted by atomic mass is 32.1. The lowest BCUT2D eigenvalue weighted by Crippen LogP contribution is -2.23. The molecular formula is C33H38N4O6S. The van der Waals surface area contributed by atoms with Crippen LogP contribution in [-0.2, 0) is 18.9 Å². The number of thiazole rings is 1. The van der Waals surface area contributed by atoms with Gasteiger partial charge in [0.15, 0.2) is 10.6 Å². The van der Waals surface area contributed by atoms with Gasteiger partial charge in [-0.2, -0.15) is 0 Å². The number of fused-ring (bicyclic) bond motifs is 1. The fourth-order valence-corrected chi connectivity index (χ4v) is 6.89. The molecule has 2 atom stereocenters. The fourth-order valence-electron chi connectivity index (χ4n) is 5.85. The molecule has 0 radical (unpaired) electrons. The van der Waals surface area contributed by atoms with E-state index in [-0.39, 0.29) is 29.8 Å². The molecule has 0 spiro atoms. The van der Waals surface area contributed by atoms with E-state index in [0.717, 1.165) is 71.3 Å². The number of esters is 1. The maximum atomic E-state index is 13.2. The van der Waals surface area contributed by atoms with E-state index in [1.807, 2.05) is 28.8 Å². The predicted molar refractivity (Wildman–Crippen MR) is 173 cm³/mol. The summed E-state index contributed by atoms with van der Waals surface area (Å²) in [4.78, 5) is 35.4. The Labute approximate surface area is 260 Å². The molecule has 2 aliphatic rings. The first kappa shape index (κ1) is 30.3. The van der Waals surface area contributed by atoms with Crippen LogP contribution in [0.5, 0.6) is 0 Å². The van der Waals surface area contributed by atoms with Crippen molar-refractivity contribution in [3.05, 3.63) is 70.5 Å². The third-order valence-electron chi connectivity index (χ3n) is 8.25. The molecule has 4 heterocycles. The summed E-state index contributed by atoms with van der Waals surface area (Å²) >= 11 is 1.63. The van der Waals surface area contributed by atoms with Crippen LogP contribution in [0.3, 0.4) is 0 Å². The summed E-state index contributed by atoms with van der Waals surface area (Å²) in [7, 11) is 3.43. The van der Waals surface area contributed by atoms with Crippen LogP contribution < -0.4 is 15.2 Å². The molecule has 0 unspecified atom stereocenters. The van der Waals surface area contributed by atoms with Crippen molar-refractivity contribution in [2.24, 2.45) is 0 Å². The van der Waals surface area contributed by atoms with Crippen LogP contribution in [0.25, 0.3) is 27.2 Å². The van der Waals surface area contributed by atoms with Crippen LogP contribution >= 0.6 is 11.3 Å². The zero-order chi connectivity index (χ0) is 30.6. The zero-order valence-electron chi connectivity index (χ0n) is 25.4. The minimum absolute atomic E-state index is 0.00318. The third kappa shape index (κ3) is 6.37. The van der Waals surface area contributed by atoms with Crippen molar-refractivity contribution in [1.29, 1.82) is 0 Å². The molecule has 2 saturated heterocycles. The van der Waals surface area contributed by atoms with Crippen molar-refractivity contribution in [3.63, 3.8) is 0 Å². The van der Waals surface area contributed by atoms with Gasteiger partial charge in [-0.15, -0.1) is 0 Å². The van der Waals surface area contributed by atoms with Crippen molar-refractivity contribution < 1.29 is 23.7 Å². The van der Waals surface area contributed by atoms with Gasteiger partial charge in [0.25, 0.3) is 0 Å². The van der Waals surface area contributed by atoms with Gasteiger partial charge < -0.3 is 33.3 Å². The quantitative estimate of drug-likeness (QED) is 0.174. The minimum atomic E-state index is -0.632. The molecule has 0 aliphatic carbocycles. The second kappa shape index (κ2) is 13.5. The number of methoxy groups -OCH3 is 2. The molecule has 232 valence electrons. The molecule has 0 saturated carbocycles. The molecule has 0 amide bonds. The number of nitrogens with zero attached hydrogens (tertiary/aromatic N) is 4. The smallest absolute Gasteiger partial charge is 0.343 e. The van der Waals surface area contributed by atoms with Crippen LogP contribution in [0.15, 0.2) is 59.5 Å². The van der Waals surface area contributed by atoms with Crippen molar-refractivity contribution in [2.45, 2.75) is 32.0 Å². The van der Waals surface area contributed by atoms with Crippen molar-refractivity contribution in [1.82, 2.24) is 9.55 Å². The standard InChI is InChI=1S/C33H38N4O6S/c1-4-42-32(39)27-21-37(24-9-10-28-31(17-24)44-33(34-28)36-14-11-25(19-36)41-3)29(18-30(27)38)22-5-7-23(8-6-22)35-13-12-26(20-35)43-16-15-40-2/h5-10,17-18,21,25-26H,4,11-16,19-20H2,1-3H3/t25-,26+/m0/s1. The van der Waals surface area contributed by atoms with Gasteiger partial charge >= 0.3 is 5.97 Å². The van der Waals surface area contributed by atoms with E-state index in [4.69, 9.17) is 23.9 Å². The van der Waals surface area contributed by atoms with Gasteiger partial charge in [-0.05, 0) is 55.7 Å². The molecule has 2 fully saturated rings. The molecule has 0 bridgehead atoms. The van der Waals surface area contributed by atoms with Crippen molar-refractivity contribution >= 4 is 38.3 Å². The fraction of sp³-hybridized carbons (Fsp3) is 0.424. The first-order chi connectivity index (χ1) is 21.5. The van der Waals surface area contributed by atoms with Crippen molar-refractivity contribution in [2.75, 3.05) is 70.0 Å². The first-order valence-electron chi connectivity index (χ1n) is 15.1. The highest BCUT2D eigenvalue weighted by Gasteiger charge is 2.26. The largest absolute Gasteiger partial charge is 0.462 e. The number of pyridine rings is 1. The maximum Gasteiger partial charge on any atom is 0.343 e. The molecule has 11 heteroatoms. The summed E-state index contributed by atoms with van der Waals surface area (Å²) in [6.07, 6.45) is 3.94. The summed E-state index contributed by atoms with van der Waals surface area (Å²) in [6, 6.07) is 15.7. The third-order valence-corrected chi connectivity index (χ3v) is 9.33. The number of aromatic nitrogens is 2. The summed E-state index contributed by atoms with van der Waals surface area (Å²) in [5, 5.41) is 0.966. The number of carbonyl (C=O) groups is 1. The van der Waals surface area contributed by atoms with E-state index in [1.54, 1.807) is 38.7 Å². The van der Waals surface area contributed by atoms with Gasteiger partial charge in [0.2, 0.25) is 0 Å². The topological polar surface area (TPSA) is 95.4 Å². The predicted octanol–water partition coefficient (Wildman–Crippen LogP) is 4.76. The molecule has 6 rings (SSSR count). The van der Waals surface area contributed by atoms with E-state index in [2.05, 4.69) is 28.0 Å². The summed E-state index contributed by atoms with van der Waals surface area (Å²) in [6.45, 7) is 6.56. The molecule has 2 aromatic carbocycles. The lowest BCUT2D eigenvalue weighted by atomic mass is 10.1. The first-order valence-corrected chi connectivity index (χ1v) is 15.9. The summed E-state index contributed by atoms with van der Waals surface area (Å²) in [5.41, 5.74) is 3.99. The number of ether oxygens (including phenoxy) is 4. The monoisotopic (exact) mass is 618 g/mol. The van der Waals surface area contributed by atoms with Crippen LogP contribution in [0.1, 0.15) is 30.1 Å². The Morgan fingerprint density at radius 2 is 1.70 bits per heavy atom. The lowest BCUT2D eigenvalue weighted by molar-refractivity contribution is 0.0280. The molecule has 2 aromatic heterocycles. The number of benzene rings is 2. The number of rotatable bonds is 11. The Balaban J connectivity index is 1.32. The van der Waals surface area contributed by atoms with E-state index >= 15 is 0 Å². The molecule has 10 nitrogen and oxygen atoms in total. The second-order valence-corrected chi connectivity index (χ2v) is 12.0. The van der Waals surface area contributed by atoms with Crippen LogP contribution in [0, 0.1) is 0 Å². The highest BCUT2D eigenvalue weighted by Crippen LogP contribution is 2.34. The Morgan fingerprint density at radius 3 is 2.45 bits per heavy atom. The number of hydrogen-bond donors (Lipinski definition) is 0. The Morgan fingerprint density at radius 1 is 0.955 bits per heavy atom. The molecule has 2 aliphatic heterocycles. The van der Waals surface area contributed by atoms with Gasteiger partial charge in [0.05, 0.1) is 47.9 Å². The van der Waals surface area contributed by atoms with E-state index in [0.29, 0.717) is 18.9 Å². The van der Waals surface area contributed by atoms with Crippen LogP contribution in [-0.4, -0.2) is 87.9 Å². The molecular weight excluding hydrogens is 580 g/mol. The number of hydrogen-bond acceptors (Lipinski definition) is 10. The van der Waals surface area contributed by atoms with Crippen LogP contribution in [0.2, 0.25) is 0 Å². The van der Waals surface area contributed by atoms with Crippen LogP contribution in [0.4, 0.5) is 10.8 Å². The number of carbonyl (C=O) groups excluding carboxylic acids is 1. The van der Waals surface area contributed by atoms with Gasteiger partial charge in [-0.1, -0.05) is 23.5 Å². The Hall–Kier alpha value is -3.77. The molecule has 4 aromatic rings. The second-order valence-electron chi connectivity index (χ2n) is 11.0. The van der Waals surface area contributed by atoms with Crippen molar-refractivity contribution in [3.8, 4) is 16.9 Å². The molecule has 0 N–H and O–H groups in total. The zero-order valence-corrected chi connectivity index (χ0v) is 26.2. The van der Waals surface area contributed by atoms with E-state index in [9.17, 15) is 9.59 Å². The summed E-state index contributed by atoms with van der Waals surface area (Å²) < 4.78 is 24.7. The lowest BCUT2D eigenvalue weighted by Gasteiger charge is -2.20. The van der Waals surface area contributed by atoms with E-state index < -0.39 is 5.97 Å². The Bertz CT molecular complexity index is 1670. The van der Waals surface area contributed by atoms with E-state index in [1.165, 1.54) is 6.07 Å². The minimum Gasteiger partial charge on any atom is -0.462 e. The average Bonchev–Trinajstić information content (AvgIpc) is 3.81. The summed E-state index contributed by atoms with van der Waals surface area (Å²) in [5.74, 6) is -0.632. The highest BCUT2D eigenvalue weighted by molar-refractivity contribution is 7.22. The SMILES string of the molecule is CCOC(=O)c1cn(-c2ccc3nc(N4CC[C@H](OC)C4)sc3c2)c(-c2ccc(N3CC[C@@H](OCCOC)C3)cc2)cc1=O. The van der Waals surface area contributed by atoms with Gasteiger partial charge in [-0.25, -0.2) is 9.78 Å². The number of anilines is 2. The van der Waals surface area contributed by atoms with Gasteiger partial charge in [0.1, 0.15) is 5.56 Å². The van der Waals surface area contributed by atoms with Gasteiger partial charge in [-0.3, -0.25) is 4.79 Å². The Kier molecular flexibility index (Phi) is 9.27. The normalized spacial score (nSPS) is 18.4. The maximum absolute atomic E-state index is 13.2. The van der Waals surface area contributed by atoms with Gasteiger partial charge in [0, 0.05) is 64.0 Å².